The summed E-state index contributed by atoms with van der Waals surface area (Å²) in [4.78, 5) is 0. The van der Waals surface area contributed by atoms with Gasteiger partial charge in [-0.05, 0) is 0 Å². The fraction of sp³-hybridized carbons (Fsp3) is 0.692. The summed E-state index contributed by atoms with van der Waals surface area (Å²) in [5, 5.41) is 0. The molecule has 1 rings (SSSR count). The van der Waals surface area contributed by atoms with Gasteiger partial charge in [-0.15, -0.1) is 0 Å². The van der Waals surface area contributed by atoms with Crippen LogP contribution in [0.4, 0.5) is 0 Å². The van der Waals surface area contributed by atoms with Crippen molar-refractivity contribution in [1.82, 2.24) is 0 Å². The molecule has 0 saturated heterocycles. The van der Waals surface area contributed by atoms with Crippen LogP contribution in [-0.4, -0.2) is 0 Å². The van der Waals surface area contributed by atoms with Crippen LogP contribution in [0, 0.1) is 0 Å². The molecule has 0 spiro atoms. The van der Waals surface area contributed by atoms with Gasteiger partial charge >= 0.3 is 95.6 Å². The number of hydrogen-bond acceptors (Lipinski definition) is 0. The minimum atomic E-state index is -3.67. The molecule has 0 aliphatic heterocycles. The van der Waals surface area contributed by atoms with Gasteiger partial charge in [0.15, 0.2) is 0 Å². The van der Waals surface area contributed by atoms with Gasteiger partial charge in [-0.25, -0.2) is 0 Å². The van der Waals surface area contributed by atoms with Crippen molar-refractivity contribution in [2.75, 3.05) is 0 Å². The topological polar surface area (TPSA) is 0 Å². The molecule has 1 aliphatic rings. The summed E-state index contributed by atoms with van der Waals surface area (Å²) in [5.41, 5.74) is 11.5. The van der Waals surface area contributed by atoms with Crippen LogP contribution in [0.1, 0.15) is 25.7 Å². The Morgan fingerprint density at radius 3 is 2.00 bits per heavy atom. The summed E-state index contributed by atoms with van der Waals surface area (Å²) in [7, 11) is 3.51. The first-order valence-electron chi connectivity index (χ1n) is 5.28. The molecular weight excluding hydrogens is 293 g/mol. The van der Waals surface area contributed by atoms with Crippen molar-refractivity contribution >= 4 is 9.69 Å². The third-order valence-corrected chi connectivity index (χ3v) is 10.4. The second kappa shape index (κ2) is 2.62. The molecule has 0 aromatic carbocycles. The molecule has 0 saturated carbocycles. The first-order chi connectivity index (χ1) is 6.30. The summed E-state index contributed by atoms with van der Waals surface area (Å²) in [6, 6.07) is 0. The van der Waals surface area contributed by atoms with Crippen molar-refractivity contribution < 1.29 is 10.3 Å². The molecule has 0 bridgehead atoms. The number of allylic oxidation sites excluding steroid dienone is 4. The van der Waals surface area contributed by atoms with Gasteiger partial charge in [0.1, 0.15) is 0 Å². The average molecular weight is 319 g/mol. The van der Waals surface area contributed by atoms with Gasteiger partial charge in [-0.3, -0.25) is 0 Å². The fourth-order valence-electron chi connectivity index (χ4n) is 1.75. The van der Waals surface area contributed by atoms with Crippen LogP contribution >= 0.6 is 9.69 Å². The second-order valence-corrected chi connectivity index (χ2v) is 42.5. The molecule has 93 valence electrons. The first-order valence-corrected chi connectivity index (χ1v) is 17.1. The molecule has 0 aromatic rings. The standard InChI is InChI=1S/C8H11.5CH3.ClH.Ru/c1-2-4-6-8-7-5-3-1;;;;;;;/h1-2,7H,3-6H2;5*1H3;1H;/q;;;;;;;+1/p-1. The second-order valence-electron chi connectivity index (χ2n) is 7.38. The Hall–Kier alpha value is 0.393. The third kappa shape index (κ3) is 4.41. The normalized spacial score (nSPS) is 26.3. The van der Waals surface area contributed by atoms with Crippen molar-refractivity contribution in [3.05, 3.63) is 22.4 Å². The zero-order valence-corrected chi connectivity index (χ0v) is 13.3. The molecular formula is C13H26ClRu. The number of hydrogen-bond donors (Lipinski definition) is 0. The van der Waals surface area contributed by atoms with E-state index in [0.717, 1.165) is 25.7 Å². The van der Waals surface area contributed by atoms with Crippen LogP contribution in [0.3, 0.4) is 0 Å². The molecule has 0 N–H and O–H groups in total. The SMILES string of the molecule is [CH3][Ru]([CH3])([CH3])([CH3])([CH3])([Cl])[C]1=CCCC=CCC1. The van der Waals surface area contributed by atoms with Gasteiger partial charge in [0.2, 0.25) is 0 Å². The van der Waals surface area contributed by atoms with E-state index in [1.54, 1.807) is 0 Å². The Morgan fingerprint density at radius 1 is 0.933 bits per heavy atom. The predicted molar refractivity (Wildman–Crippen MR) is 70.9 cm³/mol. The van der Waals surface area contributed by atoms with Crippen molar-refractivity contribution in [1.29, 1.82) is 0 Å². The predicted octanol–water partition coefficient (Wildman–Crippen LogP) is 6.16. The van der Waals surface area contributed by atoms with Crippen LogP contribution in [0.25, 0.3) is 0 Å². The zero-order valence-electron chi connectivity index (χ0n) is 10.8. The number of rotatable bonds is 1. The van der Waals surface area contributed by atoms with Crippen molar-refractivity contribution in [3.63, 3.8) is 0 Å². The molecule has 0 atom stereocenters. The Morgan fingerprint density at radius 2 is 1.47 bits per heavy atom. The summed E-state index contributed by atoms with van der Waals surface area (Å²) >= 11 is 0. The van der Waals surface area contributed by atoms with Crippen LogP contribution in [0.5, 0.6) is 0 Å². The molecule has 15 heavy (non-hydrogen) atoms. The molecule has 1 aliphatic carbocycles. The average Bonchev–Trinajstić information content (AvgIpc) is 1.75. The maximum absolute atomic E-state index is 7.18. The molecule has 0 heterocycles. The van der Waals surface area contributed by atoms with E-state index in [2.05, 4.69) is 45.8 Å². The van der Waals surface area contributed by atoms with Crippen molar-refractivity contribution in [2.45, 2.75) is 53.3 Å². The van der Waals surface area contributed by atoms with E-state index in [9.17, 15) is 0 Å². The Balaban J connectivity index is 3.19. The number of halogens is 1. The molecule has 0 aromatic heterocycles. The van der Waals surface area contributed by atoms with E-state index in [4.69, 9.17) is 9.69 Å². The van der Waals surface area contributed by atoms with Gasteiger partial charge in [-0.1, -0.05) is 0 Å². The van der Waals surface area contributed by atoms with Crippen LogP contribution in [-0.2, 0) is 10.3 Å². The van der Waals surface area contributed by atoms with Gasteiger partial charge in [-0.2, -0.15) is 0 Å². The quantitative estimate of drug-likeness (QED) is 0.401. The van der Waals surface area contributed by atoms with Gasteiger partial charge < -0.3 is 0 Å². The van der Waals surface area contributed by atoms with Gasteiger partial charge in [0, 0.05) is 0 Å². The van der Waals surface area contributed by atoms with Gasteiger partial charge in [0.05, 0.1) is 0 Å². The van der Waals surface area contributed by atoms with Crippen LogP contribution in [0.15, 0.2) is 22.4 Å². The third-order valence-electron chi connectivity index (χ3n) is 2.63. The monoisotopic (exact) mass is 319 g/mol. The minimum absolute atomic E-state index is 1.13. The Kier molecular flexibility index (Phi) is 2.35. The van der Waals surface area contributed by atoms with E-state index < -0.39 is 10.3 Å². The molecule has 0 unspecified atom stereocenters. The fourth-order valence-corrected chi connectivity index (χ4v) is 7.22. The molecule has 0 nitrogen and oxygen atoms in total. The van der Waals surface area contributed by atoms with Crippen molar-refractivity contribution in [2.24, 2.45) is 0 Å². The first kappa shape index (κ1) is 13.5. The zero-order chi connectivity index (χ0) is 11.9. The molecule has 0 fully saturated rings. The molecule has 2 heteroatoms. The molecule has 0 amide bonds. The van der Waals surface area contributed by atoms with E-state index in [1.807, 2.05) is 0 Å². The van der Waals surface area contributed by atoms with Crippen LogP contribution < -0.4 is 0 Å². The van der Waals surface area contributed by atoms with E-state index in [1.165, 1.54) is 4.17 Å². The summed E-state index contributed by atoms with van der Waals surface area (Å²) in [6.45, 7) is 0. The Labute approximate surface area is 95.4 Å². The summed E-state index contributed by atoms with van der Waals surface area (Å²) in [6.07, 6.45) is 11.5. The summed E-state index contributed by atoms with van der Waals surface area (Å²) in [5.74, 6) is 0. The van der Waals surface area contributed by atoms with E-state index in [0.29, 0.717) is 0 Å². The van der Waals surface area contributed by atoms with Crippen molar-refractivity contribution in [3.8, 4) is 0 Å². The maximum atomic E-state index is 7.18. The summed E-state index contributed by atoms with van der Waals surface area (Å²) < 4.78 is 1.52. The van der Waals surface area contributed by atoms with Crippen LogP contribution in [0.2, 0.25) is 27.6 Å². The van der Waals surface area contributed by atoms with E-state index in [-0.39, 0.29) is 0 Å². The Bertz CT molecular complexity index is 325. The van der Waals surface area contributed by atoms with E-state index >= 15 is 0 Å². The van der Waals surface area contributed by atoms with Gasteiger partial charge in [0.25, 0.3) is 0 Å². The molecule has 0 radical (unpaired) electrons.